The van der Waals surface area contributed by atoms with Gasteiger partial charge in [0.25, 0.3) is 0 Å². The average Bonchev–Trinajstić information content (AvgIpc) is 2.32. The number of carbonyl (C=O) groups is 2. The number of carboxylic acid groups (broad SMARTS) is 1. The predicted octanol–water partition coefficient (Wildman–Crippen LogP) is 0.316. The van der Waals surface area contributed by atoms with Crippen molar-refractivity contribution in [3.63, 3.8) is 0 Å². The van der Waals surface area contributed by atoms with Crippen molar-refractivity contribution in [2.45, 2.75) is 32.7 Å². The van der Waals surface area contributed by atoms with Gasteiger partial charge in [0.15, 0.2) is 9.84 Å². The molecular formula is C12H22N2O5S. The Bertz CT molecular complexity index is 462. The summed E-state index contributed by atoms with van der Waals surface area (Å²) >= 11 is 0. The molecule has 0 saturated carbocycles. The number of sulfone groups is 1. The molecule has 116 valence electrons. The molecule has 2 atom stereocenters. The van der Waals surface area contributed by atoms with E-state index in [4.69, 9.17) is 5.11 Å². The molecule has 2 amide bonds. The molecule has 0 aromatic heterocycles. The maximum Gasteiger partial charge on any atom is 0.317 e. The first-order valence-electron chi connectivity index (χ1n) is 6.68. The fourth-order valence-electron chi connectivity index (χ4n) is 2.14. The summed E-state index contributed by atoms with van der Waals surface area (Å²) < 4.78 is 22.9. The summed E-state index contributed by atoms with van der Waals surface area (Å²) in [6.07, 6.45) is 0.578. The molecule has 0 aromatic rings. The third kappa shape index (κ3) is 5.36. The molecule has 0 bridgehead atoms. The zero-order valence-corrected chi connectivity index (χ0v) is 12.6. The van der Waals surface area contributed by atoms with E-state index in [-0.39, 0.29) is 42.5 Å². The molecule has 1 aliphatic heterocycles. The van der Waals surface area contributed by atoms with Gasteiger partial charge in [0.1, 0.15) is 0 Å². The van der Waals surface area contributed by atoms with Crippen LogP contribution >= 0.6 is 0 Å². The lowest BCUT2D eigenvalue weighted by molar-refractivity contribution is -0.137. The number of amides is 2. The molecule has 1 fully saturated rings. The van der Waals surface area contributed by atoms with Gasteiger partial charge in [-0.1, -0.05) is 6.92 Å². The minimum absolute atomic E-state index is 0.000667. The predicted molar refractivity (Wildman–Crippen MR) is 74.3 cm³/mol. The lowest BCUT2D eigenvalue weighted by atomic mass is 10.1. The van der Waals surface area contributed by atoms with Gasteiger partial charge in [-0.05, 0) is 19.3 Å². The molecule has 0 spiro atoms. The molecule has 2 unspecified atom stereocenters. The van der Waals surface area contributed by atoms with Crippen molar-refractivity contribution in [1.82, 2.24) is 10.2 Å². The van der Waals surface area contributed by atoms with E-state index in [2.05, 4.69) is 5.32 Å². The van der Waals surface area contributed by atoms with Crippen LogP contribution in [0, 0.1) is 5.92 Å². The van der Waals surface area contributed by atoms with Crippen molar-refractivity contribution in [2.24, 2.45) is 5.92 Å². The van der Waals surface area contributed by atoms with Crippen LogP contribution in [0.1, 0.15) is 26.7 Å². The van der Waals surface area contributed by atoms with Crippen LogP contribution in [0.2, 0.25) is 0 Å². The third-order valence-corrected chi connectivity index (χ3v) is 5.18. The fraction of sp³-hybridized carbons (Fsp3) is 0.833. The molecule has 1 heterocycles. The van der Waals surface area contributed by atoms with E-state index in [0.717, 1.165) is 0 Å². The molecule has 1 rings (SSSR count). The van der Waals surface area contributed by atoms with Crippen LogP contribution in [0.25, 0.3) is 0 Å². The molecule has 0 aromatic carbocycles. The van der Waals surface area contributed by atoms with Crippen LogP contribution in [0.4, 0.5) is 4.79 Å². The SMILES string of the molecule is CC(CCC(=O)O)CNC(=O)N1CCS(=O)(=O)CC1C. The fourth-order valence-corrected chi connectivity index (χ4v) is 3.69. The van der Waals surface area contributed by atoms with Gasteiger partial charge in [0.2, 0.25) is 0 Å². The monoisotopic (exact) mass is 306 g/mol. The zero-order chi connectivity index (χ0) is 15.3. The van der Waals surface area contributed by atoms with Crippen molar-refractivity contribution in [1.29, 1.82) is 0 Å². The van der Waals surface area contributed by atoms with Crippen LogP contribution in [-0.4, -0.2) is 61.1 Å². The summed E-state index contributed by atoms with van der Waals surface area (Å²) in [6, 6.07) is -0.613. The van der Waals surface area contributed by atoms with Gasteiger partial charge in [-0.25, -0.2) is 13.2 Å². The second-order valence-corrected chi connectivity index (χ2v) is 7.61. The van der Waals surface area contributed by atoms with Crippen LogP contribution in [0.5, 0.6) is 0 Å². The summed E-state index contributed by atoms with van der Waals surface area (Å²) in [5.41, 5.74) is 0. The molecular weight excluding hydrogens is 284 g/mol. The molecule has 7 nitrogen and oxygen atoms in total. The quantitative estimate of drug-likeness (QED) is 0.761. The van der Waals surface area contributed by atoms with E-state index in [1.165, 1.54) is 4.90 Å². The van der Waals surface area contributed by atoms with E-state index in [0.29, 0.717) is 13.0 Å². The van der Waals surface area contributed by atoms with Crippen molar-refractivity contribution in [3.05, 3.63) is 0 Å². The summed E-state index contributed by atoms with van der Waals surface area (Å²) in [6.45, 7) is 4.18. The molecule has 0 radical (unpaired) electrons. The molecule has 0 aliphatic carbocycles. The number of urea groups is 1. The van der Waals surface area contributed by atoms with Crippen LogP contribution in [-0.2, 0) is 14.6 Å². The standard InChI is InChI=1S/C12H22N2O5S/c1-9(3-4-11(15)16)7-13-12(17)14-5-6-20(18,19)8-10(14)2/h9-10H,3-8H2,1-2H3,(H,13,17)(H,15,16). The van der Waals surface area contributed by atoms with Gasteiger partial charge in [-0.3, -0.25) is 4.79 Å². The summed E-state index contributed by atoms with van der Waals surface area (Å²) in [5.74, 6) is -0.786. The molecule has 1 aliphatic rings. The highest BCUT2D eigenvalue weighted by Gasteiger charge is 2.31. The van der Waals surface area contributed by atoms with Gasteiger partial charge in [0, 0.05) is 25.6 Å². The number of carboxylic acids is 1. The highest BCUT2D eigenvalue weighted by atomic mass is 32.2. The Labute approximate surface area is 119 Å². The first-order valence-corrected chi connectivity index (χ1v) is 8.50. The zero-order valence-electron chi connectivity index (χ0n) is 11.8. The van der Waals surface area contributed by atoms with Gasteiger partial charge >= 0.3 is 12.0 Å². The van der Waals surface area contributed by atoms with Gasteiger partial charge < -0.3 is 15.3 Å². The van der Waals surface area contributed by atoms with Crippen molar-refractivity contribution in [2.75, 3.05) is 24.6 Å². The molecule has 2 N–H and O–H groups in total. The Kier molecular flexibility index (Phi) is 5.79. The maximum atomic E-state index is 12.0. The normalized spacial score (nSPS) is 23.1. The third-order valence-electron chi connectivity index (χ3n) is 3.38. The minimum atomic E-state index is -3.03. The molecule has 1 saturated heterocycles. The Morgan fingerprint density at radius 1 is 1.45 bits per heavy atom. The number of hydrogen-bond acceptors (Lipinski definition) is 4. The Morgan fingerprint density at radius 2 is 2.10 bits per heavy atom. The smallest absolute Gasteiger partial charge is 0.317 e. The van der Waals surface area contributed by atoms with Crippen LogP contribution in [0.15, 0.2) is 0 Å². The number of rotatable bonds is 5. The minimum Gasteiger partial charge on any atom is -0.481 e. The van der Waals surface area contributed by atoms with Crippen molar-refractivity contribution in [3.8, 4) is 0 Å². The van der Waals surface area contributed by atoms with Crippen molar-refractivity contribution < 1.29 is 23.1 Å². The molecule has 8 heteroatoms. The van der Waals surface area contributed by atoms with Crippen LogP contribution in [0.3, 0.4) is 0 Å². The Hall–Kier alpha value is -1.31. The average molecular weight is 306 g/mol. The number of hydrogen-bond donors (Lipinski definition) is 2. The van der Waals surface area contributed by atoms with E-state index in [9.17, 15) is 18.0 Å². The number of nitrogens with zero attached hydrogens (tertiary/aromatic N) is 1. The molecule has 20 heavy (non-hydrogen) atoms. The number of nitrogens with one attached hydrogen (secondary N) is 1. The lowest BCUT2D eigenvalue weighted by Crippen LogP contribution is -2.53. The lowest BCUT2D eigenvalue weighted by Gasteiger charge is -2.33. The number of aliphatic carboxylic acids is 1. The van der Waals surface area contributed by atoms with Gasteiger partial charge in [-0.2, -0.15) is 0 Å². The Morgan fingerprint density at radius 3 is 2.65 bits per heavy atom. The number of carbonyl (C=O) groups excluding carboxylic acids is 1. The van der Waals surface area contributed by atoms with E-state index >= 15 is 0 Å². The van der Waals surface area contributed by atoms with Gasteiger partial charge in [-0.15, -0.1) is 0 Å². The highest BCUT2D eigenvalue weighted by Crippen LogP contribution is 2.12. The van der Waals surface area contributed by atoms with E-state index in [1.807, 2.05) is 6.92 Å². The van der Waals surface area contributed by atoms with Crippen LogP contribution < -0.4 is 5.32 Å². The summed E-state index contributed by atoms with van der Waals surface area (Å²) in [7, 11) is -3.03. The van der Waals surface area contributed by atoms with Gasteiger partial charge in [0.05, 0.1) is 11.5 Å². The largest absolute Gasteiger partial charge is 0.481 e. The Balaban J connectivity index is 2.38. The van der Waals surface area contributed by atoms with E-state index in [1.54, 1.807) is 6.92 Å². The second kappa shape index (κ2) is 6.92. The topological polar surface area (TPSA) is 104 Å². The van der Waals surface area contributed by atoms with Crippen molar-refractivity contribution >= 4 is 21.8 Å². The first-order chi connectivity index (χ1) is 9.21. The first kappa shape index (κ1) is 16.7. The maximum absolute atomic E-state index is 12.0. The highest BCUT2D eigenvalue weighted by molar-refractivity contribution is 7.91. The summed E-state index contributed by atoms with van der Waals surface area (Å²) in [5, 5.41) is 11.3. The van der Waals surface area contributed by atoms with E-state index < -0.39 is 15.8 Å². The second-order valence-electron chi connectivity index (χ2n) is 5.38. The summed E-state index contributed by atoms with van der Waals surface area (Å²) in [4.78, 5) is 23.9.